The van der Waals surface area contributed by atoms with E-state index in [-0.39, 0.29) is 11.9 Å². The number of carbonyl (C=O) groups is 1. The van der Waals surface area contributed by atoms with Crippen molar-refractivity contribution in [3.8, 4) is 17.1 Å². The summed E-state index contributed by atoms with van der Waals surface area (Å²) in [5, 5.41) is 13.6. The van der Waals surface area contributed by atoms with E-state index in [1.807, 2.05) is 30.3 Å². The monoisotopic (exact) mass is 473 g/mol. The van der Waals surface area contributed by atoms with Crippen LogP contribution in [0.5, 0.6) is 5.75 Å². The fourth-order valence-electron chi connectivity index (χ4n) is 3.35. The van der Waals surface area contributed by atoms with Crippen molar-refractivity contribution >= 4 is 29.2 Å². The summed E-state index contributed by atoms with van der Waals surface area (Å²) in [6.45, 7) is 2.63. The van der Waals surface area contributed by atoms with Gasteiger partial charge >= 0.3 is 0 Å². The third-order valence-electron chi connectivity index (χ3n) is 5.07. The second kappa shape index (κ2) is 11.1. The quantitative estimate of drug-likeness (QED) is 0.295. The zero-order valence-corrected chi connectivity index (χ0v) is 19.8. The molecule has 1 amide bonds. The molecule has 0 atom stereocenters. The van der Waals surface area contributed by atoms with Gasteiger partial charge in [-0.2, -0.15) is 10.1 Å². The molecule has 3 aromatic heterocycles. The van der Waals surface area contributed by atoms with E-state index in [1.54, 1.807) is 37.4 Å². The van der Waals surface area contributed by atoms with E-state index < -0.39 is 0 Å². The van der Waals surface area contributed by atoms with Crippen LogP contribution in [-0.2, 0) is 7.05 Å². The van der Waals surface area contributed by atoms with Crippen molar-refractivity contribution in [2.45, 2.75) is 19.8 Å². The van der Waals surface area contributed by atoms with Crippen molar-refractivity contribution in [2.24, 2.45) is 7.05 Å². The van der Waals surface area contributed by atoms with Gasteiger partial charge in [-0.15, -0.1) is 0 Å². The Morgan fingerprint density at radius 3 is 2.69 bits per heavy atom. The summed E-state index contributed by atoms with van der Waals surface area (Å²) in [5.41, 5.74) is 1.60. The van der Waals surface area contributed by atoms with Crippen molar-refractivity contribution < 1.29 is 9.53 Å². The highest BCUT2D eigenvalue weighted by Crippen LogP contribution is 2.36. The number of methoxy groups -OCH3 is 1. The summed E-state index contributed by atoms with van der Waals surface area (Å²) < 4.78 is 7.32. The highest BCUT2D eigenvalue weighted by Gasteiger charge is 2.19. The second-order valence-corrected chi connectivity index (χ2v) is 7.66. The van der Waals surface area contributed by atoms with E-state index in [1.165, 1.54) is 6.20 Å². The number of unbranched alkanes of at least 4 members (excludes halogenated alkanes) is 1. The summed E-state index contributed by atoms with van der Waals surface area (Å²) in [4.78, 5) is 30.4. The zero-order chi connectivity index (χ0) is 24.6. The maximum absolute atomic E-state index is 12.9. The van der Waals surface area contributed by atoms with E-state index >= 15 is 0 Å². The summed E-state index contributed by atoms with van der Waals surface area (Å²) in [5.74, 6) is 1.96. The van der Waals surface area contributed by atoms with Crippen molar-refractivity contribution in [2.75, 3.05) is 24.3 Å². The first-order valence-electron chi connectivity index (χ1n) is 11.2. The van der Waals surface area contributed by atoms with Crippen molar-refractivity contribution in [1.29, 1.82) is 0 Å². The molecule has 11 nitrogen and oxygen atoms in total. The maximum atomic E-state index is 12.9. The number of para-hydroxylation sites is 1. The van der Waals surface area contributed by atoms with E-state index in [0.29, 0.717) is 46.6 Å². The molecule has 0 aliphatic heterocycles. The number of ether oxygens (including phenoxy) is 1. The number of anilines is 4. The number of hydrogen-bond donors (Lipinski definition) is 3. The Morgan fingerprint density at radius 1 is 1.09 bits per heavy atom. The molecule has 180 valence electrons. The van der Waals surface area contributed by atoms with Gasteiger partial charge in [0.05, 0.1) is 18.4 Å². The molecule has 0 saturated heterocycles. The van der Waals surface area contributed by atoms with Gasteiger partial charge in [0.25, 0.3) is 5.91 Å². The van der Waals surface area contributed by atoms with E-state index in [4.69, 9.17) is 4.74 Å². The molecular formula is C24H27N9O2. The average Bonchev–Trinajstić information content (AvgIpc) is 3.31. The number of hydrogen-bond acceptors (Lipinski definition) is 9. The van der Waals surface area contributed by atoms with Gasteiger partial charge < -0.3 is 20.7 Å². The molecule has 0 radical (unpaired) electrons. The fourth-order valence-corrected chi connectivity index (χ4v) is 3.35. The number of nitrogens with one attached hydrogen (secondary N) is 3. The topological polar surface area (TPSA) is 132 Å². The Morgan fingerprint density at radius 2 is 1.97 bits per heavy atom. The molecule has 11 heteroatoms. The number of benzene rings is 1. The van der Waals surface area contributed by atoms with Crippen LogP contribution in [0.4, 0.5) is 23.3 Å². The lowest BCUT2D eigenvalue weighted by Gasteiger charge is -2.16. The first kappa shape index (κ1) is 23.6. The Balaban J connectivity index is 1.71. The Kier molecular flexibility index (Phi) is 7.46. The average molecular weight is 474 g/mol. The molecule has 0 unspecified atom stereocenters. The molecule has 1 aromatic carbocycles. The largest absolute Gasteiger partial charge is 0.494 e. The van der Waals surface area contributed by atoms with E-state index in [0.717, 1.165) is 12.8 Å². The smallest absolute Gasteiger partial charge is 0.256 e. The predicted molar refractivity (Wildman–Crippen MR) is 133 cm³/mol. The van der Waals surface area contributed by atoms with E-state index in [9.17, 15) is 4.79 Å². The summed E-state index contributed by atoms with van der Waals surface area (Å²) in [7, 11) is 3.37. The van der Waals surface area contributed by atoms with Crippen LogP contribution in [0.2, 0.25) is 0 Å². The fraction of sp³-hybridized carbons (Fsp3) is 0.250. The maximum Gasteiger partial charge on any atom is 0.256 e. The molecule has 4 rings (SSSR count). The van der Waals surface area contributed by atoms with Gasteiger partial charge in [0.15, 0.2) is 11.6 Å². The van der Waals surface area contributed by atoms with Gasteiger partial charge in [0, 0.05) is 26.0 Å². The molecule has 0 aliphatic carbocycles. The summed E-state index contributed by atoms with van der Waals surface area (Å²) >= 11 is 0. The number of amides is 1. The number of aryl methyl sites for hydroxylation is 1. The van der Waals surface area contributed by atoms with Crippen LogP contribution >= 0.6 is 0 Å². The van der Waals surface area contributed by atoms with Crippen molar-refractivity contribution in [3.63, 3.8) is 0 Å². The minimum absolute atomic E-state index is 0.271. The number of pyridine rings is 1. The van der Waals surface area contributed by atoms with Crippen LogP contribution < -0.4 is 20.7 Å². The number of rotatable bonds is 10. The van der Waals surface area contributed by atoms with Gasteiger partial charge in [-0.1, -0.05) is 25.5 Å². The van der Waals surface area contributed by atoms with Gasteiger partial charge in [-0.25, -0.2) is 15.0 Å². The van der Waals surface area contributed by atoms with Crippen molar-refractivity contribution in [1.82, 2.24) is 35.0 Å². The number of nitrogens with zero attached hydrogens (tertiary/aromatic N) is 6. The molecule has 4 aromatic rings. The van der Waals surface area contributed by atoms with Crippen LogP contribution in [0.1, 0.15) is 30.1 Å². The Hall–Kier alpha value is -4.54. The number of carbonyl (C=O) groups excluding carboxylic acids is 1. The Bertz CT molecular complexity index is 1290. The lowest BCUT2D eigenvalue weighted by atomic mass is 10.1. The van der Waals surface area contributed by atoms with Gasteiger partial charge in [-0.05, 0) is 30.7 Å². The first-order valence-corrected chi connectivity index (χ1v) is 11.2. The highest BCUT2D eigenvalue weighted by molar-refractivity contribution is 5.99. The minimum Gasteiger partial charge on any atom is -0.494 e. The first-order chi connectivity index (χ1) is 17.1. The molecule has 0 spiro atoms. The molecule has 0 bridgehead atoms. The standard InChI is InChI=1S/C24H27N9O2/c1-4-5-12-26-23(34)17-14-27-24(30-19-11-6-7-13-25-19)31-22(17)29-18-10-8-9-16(20(18)35-3)21-28-15-33(2)32-21/h6-11,13-15H,4-5,12H2,1-3H3,(H,26,34)(H2,25,27,29,30,31). The normalized spacial score (nSPS) is 10.6. The molecule has 0 aliphatic rings. The van der Waals surface area contributed by atoms with Gasteiger partial charge in [0.1, 0.15) is 23.5 Å². The van der Waals surface area contributed by atoms with Crippen molar-refractivity contribution in [3.05, 3.63) is 60.7 Å². The van der Waals surface area contributed by atoms with Gasteiger partial charge in [-0.3, -0.25) is 9.48 Å². The highest BCUT2D eigenvalue weighted by atomic mass is 16.5. The molecule has 3 N–H and O–H groups in total. The predicted octanol–water partition coefficient (Wildman–Crippen LogP) is 3.69. The second-order valence-electron chi connectivity index (χ2n) is 7.66. The van der Waals surface area contributed by atoms with Crippen LogP contribution in [0, 0.1) is 0 Å². The van der Waals surface area contributed by atoms with Crippen LogP contribution in [0.25, 0.3) is 11.4 Å². The SMILES string of the molecule is CCCCNC(=O)c1cnc(Nc2ccccn2)nc1Nc1cccc(-c2ncn(C)n2)c1OC. The third-order valence-corrected chi connectivity index (χ3v) is 5.07. The molecule has 0 saturated carbocycles. The molecule has 0 fully saturated rings. The third kappa shape index (κ3) is 5.69. The molecule has 35 heavy (non-hydrogen) atoms. The molecule has 3 heterocycles. The number of aromatic nitrogens is 6. The van der Waals surface area contributed by atoms with Crippen LogP contribution in [0.3, 0.4) is 0 Å². The minimum atomic E-state index is -0.271. The Labute approximate surface area is 203 Å². The lowest BCUT2D eigenvalue weighted by Crippen LogP contribution is -2.26. The van der Waals surface area contributed by atoms with Crippen LogP contribution in [-0.4, -0.2) is 49.3 Å². The summed E-state index contributed by atoms with van der Waals surface area (Å²) in [6, 6.07) is 11.0. The van der Waals surface area contributed by atoms with Crippen LogP contribution in [0.15, 0.2) is 55.1 Å². The summed E-state index contributed by atoms with van der Waals surface area (Å²) in [6.07, 6.45) is 6.62. The van der Waals surface area contributed by atoms with Gasteiger partial charge in [0.2, 0.25) is 5.95 Å². The van der Waals surface area contributed by atoms with E-state index in [2.05, 4.69) is 47.9 Å². The lowest BCUT2D eigenvalue weighted by molar-refractivity contribution is 0.0953. The molecular weight excluding hydrogens is 446 g/mol. The zero-order valence-electron chi connectivity index (χ0n) is 19.8.